The van der Waals surface area contributed by atoms with Crippen LogP contribution in [-0.4, -0.2) is 26.3 Å². The quantitative estimate of drug-likeness (QED) is 0.812. The maximum atomic E-state index is 4.40. The number of nitrogens with zero attached hydrogens (tertiary/aromatic N) is 4. The van der Waals surface area contributed by atoms with Crippen molar-refractivity contribution in [2.45, 2.75) is 19.4 Å². The molecule has 0 spiro atoms. The lowest BCUT2D eigenvalue weighted by molar-refractivity contribution is 0.617. The molecule has 3 rings (SSSR count). The summed E-state index contributed by atoms with van der Waals surface area (Å²) in [6.45, 7) is 1.88. The van der Waals surface area contributed by atoms with E-state index in [0.29, 0.717) is 0 Å². The molecule has 0 atom stereocenters. The summed E-state index contributed by atoms with van der Waals surface area (Å²) in [6.07, 6.45) is 5.41. The maximum absolute atomic E-state index is 4.40. The predicted octanol–water partition coefficient (Wildman–Crippen LogP) is 0.447. The summed E-state index contributed by atoms with van der Waals surface area (Å²) in [5, 5.41) is 7.76. The van der Waals surface area contributed by atoms with Crippen LogP contribution in [0, 0.1) is 0 Å². The van der Waals surface area contributed by atoms with E-state index in [2.05, 4.69) is 20.4 Å². The smallest absolute Gasteiger partial charge is 0.115 e. The van der Waals surface area contributed by atoms with Gasteiger partial charge in [0.15, 0.2) is 0 Å². The van der Waals surface area contributed by atoms with E-state index >= 15 is 0 Å². The SMILES string of the molecule is Cn1ccc(Cc2ncnc3c2CNCC3)n1. The van der Waals surface area contributed by atoms with Crippen LogP contribution in [0.5, 0.6) is 0 Å². The molecule has 0 saturated heterocycles. The summed E-state index contributed by atoms with van der Waals surface area (Å²) >= 11 is 0. The van der Waals surface area contributed by atoms with Crippen LogP contribution in [0.25, 0.3) is 0 Å². The number of fused-ring (bicyclic) bond motifs is 1. The Balaban J connectivity index is 1.92. The van der Waals surface area contributed by atoms with Crippen molar-refractivity contribution in [3.8, 4) is 0 Å². The van der Waals surface area contributed by atoms with Gasteiger partial charge in [-0.3, -0.25) is 4.68 Å². The van der Waals surface area contributed by atoms with Crippen molar-refractivity contribution in [2.24, 2.45) is 7.05 Å². The van der Waals surface area contributed by atoms with Gasteiger partial charge in [0.25, 0.3) is 0 Å². The Morgan fingerprint density at radius 2 is 2.35 bits per heavy atom. The van der Waals surface area contributed by atoms with Crippen LogP contribution < -0.4 is 5.32 Å². The number of aromatic nitrogens is 4. The summed E-state index contributed by atoms with van der Waals surface area (Å²) in [4.78, 5) is 8.75. The molecule has 17 heavy (non-hydrogen) atoms. The van der Waals surface area contributed by atoms with Gasteiger partial charge < -0.3 is 5.32 Å². The van der Waals surface area contributed by atoms with Crippen molar-refractivity contribution < 1.29 is 0 Å². The zero-order valence-electron chi connectivity index (χ0n) is 9.85. The van der Waals surface area contributed by atoms with Crippen molar-refractivity contribution in [2.75, 3.05) is 6.54 Å². The number of rotatable bonds is 2. The first kappa shape index (κ1) is 10.4. The minimum Gasteiger partial charge on any atom is -0.312 e. The highest BCUT2D eigenvalue weighted by molar-refractivity contribution is 5.29. The van der Waals surface area contributed by atoms with E-state index in [-0.39, 0.29) is 0 Å². The van der Waals surface area contributed by atoms with Crippen molar-refractivity contribution >= 4 is 0 Å². The van der Waals surface area contributed by atoms with Crippen molar-refractivity contribution in [3.05, 3.63) is 41.2 Å². The third kappa shape index (κ3) is 2.06. The van der Waals surface area contributed by atoms with Gasteiger partial charge in [-0.25, -0.2) is 9.97 Å². The van der Waals surface area contributed by atoms with E-state index in [1.54, 1.807) is 6.33 Å². The van der Waals surface area contributed by atoms with E-state index < -0.39 is 0 Å². The Labute approximate surface area is 99.9 Å². The van der Waals surface area contributed by atoms with Gasteiger partial charge in [0.05, 0.1) is 11.4 Å². The molecule has 0 bridgehead atoms. The van der Waals surface area contributed by atoms with Crippen LogP contribution >= 0.6 is 0 Å². The molecule has 0 amide bonds. The highest BCUT2D eigenvalue weighted by Gasteiger charge is 2.15. The fourth-order valence-corrected chi connectivity index (χ4v) is 2.21. The molecule has 3 heterocycles. The molecule has 1 aliphatic heterocycles. The molecule has 0 unspecified atom stereocenters. The van der Waals surface area contributed by atoms with E-state index in [1.807, 2.05) is 24.0 Å². The van der Waals surface area contributed by atoms with Crippen molar-refractivity contribution in [3.63, 3.8) is 0 Å². The zero-order chi connectivity index (χ0) is 11.7. The van der Waals surface area contributed by atoms with Crippen LogP contribution in [0.4, 0.5) is 0 Å². The molecule has 88 valence electrons. The normalized spacial score (nSPS) is 14.6. The lowest BCUT2D eigenvalue weighted by Gasteiger charge is -2.17. The minimum absolute atomic E-state index is 0.785. The molecular weight excluding hydrogens is 214 g/mol. The standard InChI is InChI=1S/C12H15N5/c1-17-5-3-9(16-17)6-12-10-7-13-4-2-11(10)14-8-15-12/h3,5,8,13H,2,4,6-7H2,1H3. The summed E-state index contributed by atoms with van der Waals surface area (Å²) in [5.74, 6) is 0. The molecule has 1 aliphatic rings. The second kappa shape index (κ2) is 4.25. The first-order valence-corrected chi connectivity index (χ1v) is 5.84. The Kier molecular flexibility index (Phi) is 2.60. The van der Waals surface area contributed by atoms with Gasteiger partial charge in [-0.15, -0.1) is 0 Å². The van der Waals surface area contributed by atoms with Gasteiger partial charge in [-0.1, -0.05) is 0 Å². The Morgan fingerprint density at radius 3 is 3.18 bits per heavy atom. The van der Waals surface area contributed by atoms with Gasteiger partial charge in [-0.05, 0) is 6.07 Å². The summed E-state index contributed by atoms with van der Waals surface area (Å²) in [6, 6.07) is 2.03. The van der Waals surface area contributed by atoms with Crippen LogP contribution in [-0.2, 0) is 26.4 Å². The lowest BCUT2D eigenvalue weighted by Crippen LogP contribution is -2.26. The van der Waals surface area contributed by atoms with Gasteiger partial charge in [-0.2, -0.15) is 5.10 Å². The summed E-state index contributed by atoms with van der Waals surface area (Å²) in [5.41, 5.74) is 4.59. The molecule has 0 radical (unpaired) electrons. The molecule has 0 fully saturated rings. The molecule has 1 N–H and O–H groups in total. The van der Waals surface area contributed by atoms with Gasteiger partial charge in [0, 0.05) is 50.4 Å². The molecular formula is C12H15N5. The van der Waals surface area contributed by atoms with Crippen LogP contribution in [0.3, 0.4) is 0 Å². The lowest BCUT2D eigenvalue weighted by atomic mass is 10.0. The molecule has 5 nitrogen and oxygen atoms in total. The average molecular weight is 229 g/mol. The van der Waals surface area contributed by atoms with E-state index in [9.17, 15) is 0 Å². The molecule has 0 aliphatic carbocycles. The van der Waals surface area contributed by atoms with E-state index in [4.69, 9.17) is 0 Å². The number of hydrogen-bond acceptors (Lipinski definition) is 4. The minimum atomic E-state index is 0.785. The Hall–Kier alpha value is -1.75. The second-order valence-corrected chi connectivity index (χ2v) is 4.33. The third-order valence-electron chi connectivity index (χ3n) is 3.08. The highest BCUT2D eigenvalue weighted by Crippen LogP contribution is 2.16. The molecule has 2 aromatic rings. The first-order valence-electron chi connectivity index (χ1n) is 5.84. The summed E-state index contributed by atoms with van der Waals surface area (Å²) < 4.78 is 1.82. The van der Waals surface area contributed by atoms with Gasteiger partial charge >= 0.3 is 0 Å². The average Bonchev–Trinajstić information content (AvgIpc) is 2.75. The van der Waals surface area contributed by atoms with Gasteiger partial charge in [0.1, 0.15) is 6.33 Å². The fraction of sp³-hybridized carbons (Fsp3) is 0.417. The predicted molar refractivity (Wildman–Crippen MR) is 63.5 cm³/mol. The fourth-order valence-electron chi connectivity index (χ4n) is 2.21. The number of nitrogens with one attached hydrogen (secondary N) is 1. The van der Waals surface area contributed by atoms with Gasteiger partial charge in [0.2, 0.25) is 0 Å². The second-order valence-electron chi connectivity index (χ2n) is 4.33. The Morgan fingerprint density at radius 1 is 1.41 bits per heavy atom. The molecule has 5 heteroatoms. The van der Waals surface area contributed by atoms with E-state index in [0.717, 1.165) is 37.3 Å². The molecule has 0 aromatic carbocycles. The highest BCUT2D eigenvalue weighted by atomic mass is 15.2. The molecule has 2 aromatic heterocycles. The van der Waals surface area contributed by atoms with E-state index in [1.165, 1.54) is 11.3 Å². The van der Waals surface area contributed by atoms with Crippen molar-refractivity contribution in [1.82, 2.24) is 25.1 Å². The third-order valence-corrected chi connectivity index (χ3v) is 3.08. The zero-order valence-corrected chi connectivity index (χ0v) is 9.85. The topological polar surface area (TPSA) is 55.6 Å². The van der Waals surface area contributed by atoms with Crippen molar-refractivity contribution in [1.29, 1.82) is 0 Å². The summed E-state index contributed by atoms with van der Waals surface area (Å²) in [7, 11) is 1.93. The monoisotopic (exact) mass is 229 g/mol. The Bertz CT molecular complexity index is 531. The largest absolute Gasteiger partial charge is 0.312 e. The van der Waals surface area contributed by atoms with Crippen LogP contribution in [0.2, 0.25) is 0 Å². The molecule has 0 saturated carbocycles. The number of hydrogen-bond donors (Lipinski definition) is 1. The van der Waals surface area contributed by atoms with Crippen LogP contribution in [0.15, 0.2) is 18.6 Å². The number of aryl methyl sites for hydroxylation is 1. The maximum Gasteiger partial charge on any atom is 0.115 e. The van der Waals surface area contributed by atoms with Crippen LogP contribution in [0.1, 0.15) is 22.6 Å². The first-order chi connectivity index (χ1) is 8.33.